The molecule has 1 unspecified atom stereocenters. The van der Waals surface area contributed by atoms with Crippen LogP contribution >= 0.6 is 0 Å². The largest absolute Gasteiger partial charge is 0.491 e. The first-order valence-corrected chi connectivity index (χ1v) is 7.79. The minimum Gasteiger partial charge on any atom is -0.491 e. The Kier molecular flexibility index (Phi) is 4.56. The van der Waals surface area contributed by atoms with Crippen LogP contribution in [0.2, 0.25) is 0 Å². The van der Waals surface area contributed by atoms with Crippen molar-refractivity contribution in [2.24, 2.45) is 0 Å². The molecule has 0 radical (unpaired) electrons. The Labute approximate surface area is 126 Å². The molecule has 110 valence electrons. The average Bonchev–Trinajstić information content (AvgIpc) is 3.36. The first-order valence-electron chi connectivity index (χ1n) is 7.79. The molecule has 1 heterocycles. The summed E-state index contributed by atoms with van der Waals surface area (Å²) < 4.78 is 10.8. The van der Waals surface area contributed by atoms with E-state index in [1.165, 1.54) is 29.5 Å². The van der Waals surface area contributed by atoms with Gasteiger partial charge >= 0.3 is 0 Å². The molecule has 0 saturated carbocycles. The first kappa shape index (κ1) is 14.2. The van der Waals surface area contributed by atoms with Crippen molar-refractivity contribution < 1.29 is 9.47 Å². The Balaban J connectivity index is 1.73. The van der Waals surface area contributed by atoms with E-state index < -0.39 is 0 Å². The van der Waals surface area contributed by atoms with E-state index in [0.717, 1.165) is 18.8 Å². The molecule has 0 aromatic heterocycles. The number of unbranched alkanes of at least 4 members (excludes halogenated alkanes) is 1. The van der Waals surface area contributed by atoms with E-state index in [-0.39, 0.29) is 0 Å². The lowest BCUT2D eigenvalue weighted by molar-refractivity contribution is 0.263. The summed E-state index contributed by atoms with van der Waals surface area (Å²) in [7, 11) is 0. The Morgan fingerprint density at radius 2 is 1.86 bits per heavy atom. The van der Waals surface area contributed by atoms with E-state index in [2.05, 4.69) is 43.3 Å². The molecule has 0 amide bonds. The van der Waals surface area contributed by atoms with Gasteiger partial charge in [-0.1, -0.05) is 49.7 Å². The molecule has 2 heteroatoms. The number of aryl methyl sites for hydroxylation is 1. The normalized spacial score (nSPS) is 16.7. The minimum atomic E-state index is 0.305. The molecule has 21 heavy (non-hydrogen) atoms. The van der Waals surface area contributed by atoms with Gasteiger partial charge in [0.1, 0.15) is 18.5 Å². The van der Waals surface area contributed by atoms with Crippen LogP contribution in [0.15, 0.2) is 48.5 Å². The van der Waals surface area contributed by atoms with Gasteiger partial charge in [-0.3, -0.25) is 0 Å². The van der Waals surface area contributed by atoms with Crippen molar-refractivity contribution in [2.75, 3.05) is 13.2 Å². The monoisotopic (exact) mass is 282 g/mol. The highest BCUT2D eigenvalue weighted by atomic mass is 16.6. The number of rotatable bonds is 7. The van der Waals surface area contributed by atoms with Gasteiger partial charge in [0, 0.05) is 0 Å². The van der Waals surface area contributed by atoms with E-state index in [4.69, 9.17) is 9.47 Å². The van der Waals surface area contributed by atoms with E-state index in [0.29, 0.717) is 12.7 Å². The highest BCUT2D eigenvalue weighted by molar-refractivity contribution is 5.68. The maximum atomic E-state index is 5.69. The van der Waals surface area contributed by atoms with Crippen molar-refractivity contribution in [3.63, 3.8) is 0 Å². The predicted octanol–water partition coefficient (Wildman–Crippen LogP) is 4.47. The second kappa shape index (κ2) is 6.77. The summed E-state index contributed by atoms with van der Waals surface area (Å²) in [6.07, 6.45) is 3.91. The summed E-state index contributed by atoms with van der Waals surface area (Å²) in [5, 5.41) is 0. The van der Waals surface area contributed by atoms with Gasteiger partial charge in [-0.2, -0.15) is 0 Å². The molecule has 0 N–H and O–H groups in total. The summed E-state index contributed by atoms with van der Waals surface area (Å²) >= 11 is 0. The fourth-order valence-corrected chi connectivity index (χ4v) is 2.47. The quantitative estimate of drug-likeness (QED) is 0.699. The molecule has 2 aromatic rings. The smallest absolute Gasteiger partial charge is 0.119 e. The summed E-state index contributed by atoms with van der Waals surface area (Å²) in [6.45, 7) is 3.73. The number of epoxide rings is 1. The lowest BCUT2D eigenvalue weighted by atomic mass is 9.96. The Hall–Kier alpha value is -1.80. The van der Waals surface area contributed by atoms with Crippen LogP contribution in [0.25, 0.3) is 11.1 Å². The highest BCUT2D eigenvalue weighted by Crippen LogP contribution is 2.27. The zero-order valence-electron chi connectivity index (χ0n) is 12.5. The number of hydrogen-bond donors (Lipinski definition) is 0. The molecule has 2 aromatic carbocycles. The fourth-order valence-electron chi connectivity index (χ4n) is 2.47. The van der Waals surface area contributed by atoms with Gasteiger partial charge < -0.3 is 9.47 Å². The van der Waals surface area contributed by atoms with Crippen molar-refractivity contribution in [3.8, 4) is 16.9 Å². The van der Waals surface area contributed by atoms with E-state index in [1.807, 2.05) is 12.1 Å². The van der Waals surface area contributed by atoms with Crippen molar-refractivity contribution >= 4 is 0 Å². The van der Waals surface area contributed by atoms with Gasteiger partial charge in [0.2, 0.25) is 0 Å². The Morgan fingerprint density at radius 3 is 2.57 bits per heavy atom. The van der Waals surface area contributed by atoms with Gasteiger partial charge in [-0.05, 0) is 41.7 Å². The van der Waals surface area contributed by atoms with Crippen molar-refractivity contribution in [3.05, 3.63) is 54.1 Å². The highest BCUT2D eigenvalue weighted by Gasteiger charge is 2.22. The van der Waals surface area contributed by atoms with Gasteiger partial charge in [-0.25, -0.2) is 0 Å². The molecule has 1 atom stereocenters. The van der Waals surface area contributed by atoms with Crippen molar-refractivity contribution in [1.82, 2.24) is 0 Å². The van der Waals surface area contributed by atoms with Gasteiger partial charge in [0.25, 0.3) is 0 Å². The standard InChI is InChI=1S/C19H22O2/c1-2-3-6-15-7-4-5-8-19(15)16-9-11-17(12-10-16)20-13-18-14-21-18/h4-5,7-12,18H,2-3,6,13-14H2,1H3. The lowest BCUT2D eigenvalue weighted by Crippen LogP contribution is -2.03. The van der Waals surface area contributed by atoms with Crippen LogP contribution < -0.4 is 4.74 Å². The SMILES string of the molecule is CCCCc1ccccc1-c1ccc(OCC2CO2)cc1. The van der Waals surface area contributed by atoms with Gasteiger partial charge in [0.15, 0.2) is 0 Å². The zero-order valence-corrected chi connectivity index (χ0v) is 12.5. The van der Waals surface area contributed by atoms with Crippen LogP contribution in [0.3, 0.4) is 0 Å². The molecule has 1 saturated heterocycles. The van der Waals surface area contributed by atoms with E-state index in [9.17, 15) is 0 Å². The predicted molar refractivity (Wildman–Crippen MR) is 85.7 cm³/mol. The molecule has 0 spiro atoms. The summed E-state index contributed by atoms with van der Waals surface area (Å²) in [5.74, 6) is 0.917. The number of ether oxygens (including phenoxy) is 2. The Bertz CT molecular complexity index is 570. The lowest BCUT2D eigenvalue weighted by Gasteiger charge is -2.10. The van der Waals surface area contributed by atoms with E-state index in [1.54, 1.807) is 0 Å². The second-order valence-electron chi connectivity index (χ2n) is 5.55. The van der Waals surface area contributed by atoms with Crippen LogP contribution in [0, 0.1) is 0 Å². The van der Waals surface area contributed by atoms with Gasteiger partial charge in [-0.15, -0.1) is 0 Å². The molecule has 1 aliphatic heterocycles. The third-order valence-electron chi connectivity index (χ3n) is 3.82. The first-order chi connectivity index (χ1) is 10.4. The van der Waals surface area contributed by atoms with Crippen LogP contribution in [0.1, 0.15) is 25.3 Å². The van der Waals surface area contributed by atoms with Gasteiger partial charge in [0.05, 0.1) is 6.61 Å². The topological polar surface area (TPSA) is 21.8 Å². The number of hydrogen-bond acceptors (Lipinski definition) is 2. The third kappa shape index (κ3) is 3.85. The van der Waals surface area contributed by atoms with Crippen LogP contribution in [-0.4, -0.2) is 19.3 Å². The fraction of sp³-hybridized carbons (Fsp3) is 0.368. The third-order valence-corrected chi connectivity index (χ3v) is 3.82. The maximum Gasteiger partial charge on any atom is 0.119 e. The van der Waals surface area contributed by atoms with Crippen LogP contribution in [0.5, 0.6) is 5.75 Å². The van der Waals surface area contributed by atoms with E-state index >= 15 is 0 Å². The van der Waals surface area contributed by atoms with Crippen LogP contribution in [-0.2, 0) is 11.2 Å². The molecule has 1 fully saturated rings. The molecule has 0 aliphatic carbocycles. The molecular weight excluding hydrogens is 260 g/mol. The Morgan fingerprint density at radius 1 is 1.10 bits per heavy atom. The number of benzene rings is 2. The minimum absolute atomic E-state index is 0.305. The molecular formula is C19H22O2. The summed E-state index contributed by atoms with van der Waals surface area (Å²) in [5.41, 5.74) is 4.03. The van der Waals surface area contributed by atoms with Crippen LogP contribution in [0.4, 0.5) is 0 Å². The van der Waals surface area contributed by atoms with Crippen molar-refractivity contribution in [1.29, 1.82) is 0 Å². The maximum absolute atomic E-state index is 5.69. The van der Waals surface area contributed by atoms with Crippen molar-refractivity contribution in [2.45, 2.75) is 32.3 Å². The summed E-state index contributed by atoms with van der Waals surface area (Å²) in [4.78, 5) is 0. The molecule has 1 aliphatic rings. The zero-order chi connectivity index (χ0) is 14.5. The second-order valence-corrected chi connectivity index (χ2v) is 5.55. The molecule has 3 rings (SSSR count). The molecule has 0 bridgehead atoms. The molecule has 2 nitrogen and oxygen atoms in total. The average molecular weight is 282 g/mol. The summed E-state index contributed by atoms with van der Waals surface area (Å²) in [6, 6.07) is 17.1.